The maximum absolute atomic E-state index is 13.8. The van der Waals surface area contributed by atoms with E-state index in [1.807, 2.05) is 13.8 Å². The standard InChI is InChI=1S/C15H21F2NO/c1-10(2)18-9-12-7-13(16)15(14(17)8-12)19-6-5-11-3-4-11/h7-8,10-11,18H,3-6,9H2,1-2H3. The summed E-state index contributed by atoms with van der Waals surface area (Å²) in [6, 6.07) is 2.95. The quantitative estimate of drug-likeness (QED) is 0.816. The number of hydrogen-bond acceptors (Lipinski definition) is 2. The molecule has 0 amide bonds. The minimum absolute atomic E-state index is 0.242. The van der Waals surface area contributed by atoms with Crippen molar-refractivity contribution in [2.24, 2.45) is 5.92 Å². The van der Waals surface area contributed by atoms with E-state index in [2.05, 4.69) is 5.32 Å². The molecular weight excluding hydrogens is 248 g/mol. The Bertz CT molecular complexity index is 407. The molecule has 0 aliphatic heterocycles. The van der Waals surface area contributed by atoms with Crippen LogP contribution < -0.4 is 10.1 Å². The van der Waals surface area contributed by atoms with Crippen molar-refractivity contribution >= 4 is 0 Å². The third kappa shape index (κ3) is 4.46. The topological polar surface area (TPSA) is 21.3 Å². The molecule has 4 heteroatoms. The Balaban J connectivity index is 1.94. The molecule has 1 aromatic carbocycles. The molecule has 2 rings (SSSR count). The first kappa shape index (κ1) is 14.3. The Morgan fingerprint density at radius 2 is 1.89 bits per heavy atom. The molecule has 0 heterocycles. The first-order chi connectivity index (χ1) is 9.06. The van der Waals surface area contributed by atoms with Gasteiger partial charge >= 0.3 is 0 Å². The molecule has 2 nitrogen and oxygen atoms in total. The number of benzene rings is 1. The summed E-state index contributed by atoms with van der Waals surface area (Å²) in [5, 5.41) is 3.13. The summed E-state index contributed by atoms with van der Waals surface area (Å²) in [5.74, 6) is -0.776. The zero-order valence-electron chi connectivity index (χ0n) is 11.5. The van der Waals surface area contributed by atoms with Gasteiger partial charge in [0.05, 0.1) is 6.61 Å². The molecule has 1 aliphatic carbocycles. The van der Waals surface area contributed by atoms with Gasteiger partial charge in [-0.25, -0.2) is 8.78 Å². The van der Waals surface area contributed by atoms with Crippen molar-refractivity contribution in [1.29, 1.82) is 0 Å². The third-order valence-electron chi connectivity index (χ3n) is 3.24. The lowest BCUT2D eigenvalue weighted by molar-refractivity contribution is 0.273. The Morgan fingerprint density at radius 1 is 1.26 bits per heavy atom. The van der Waals surface area contributed by atoms with Gasteiger partial charge in [-0.3, -0.25) is 0 Å². The van der Waals surface area contributed by atoms with Crippen molar-refractivity contribution < 1.29 is 13.5 Å². The fourth-order valence-electron chi connectivity index (χ4n) is 1.91. The predicted molar refractivity (Wildman–Crippen MR) is 71.2 cm³/mol. The number of nitrogens with one attached hydrogen (secondary N) is 1. The Kier molecular flexibility index (Phi) is 4.75. The van der Waals surface area contributed by atoms with Crippen LogP contribution in [0.3, 0.4) is 0 Å². The van der Waals surface area contributed by atoms with Gasteiger partial charge < -0.3 is 10.1 Å². The molecule has 0 saturated heterocycles. The van der Waals surface area contributed by atoms with Gasteiger partial charge in [0, 0.05) is 12.6 Å². The summed E-state index contributed by atoms with van der Waals surface area (Å²) >= 11 is 0. The van der Waals surface area contributed by atoms with Gasteiger partial charge in [0.2, 0.25) is 0 Å². The van der Waals surface area contributed by atoms with Gasteiger partial charge in [0.15, 0.2) is 17.4 Å². The van der Waals surface area contributed by atoms with Crippen molar-refractivity contribution in [1.82, 2.24) is 5.32 Å². The summed E-state index contributed by atoms with van der Waals surface area (Å²) in [6.07, 6.45) is 3.32. The highest BCUT2D eigenvalue weighted by Crippen LogP contribution is 2.32. The smallest absolute Gasteiger partial charge is 0.190 e. The van der Waals surface area contributed by atoms with E-state index < -0.39 is 11.6 Å². The van der Waals surface area contributed by atoms with E-state index in [1.54, 1.807) is 0 Å². The minimum Gasteiger partial charge on any atom is -0.488 e. The zero-order chi connectivity index (χ0) is 13.8. The molecule has 0 radical (unpaired) electrons. The van der Waals surface area contributed by atoms with Crippen LogP contribution >= 0.6 is 0 Å². The maximum atomic E-state index is 13.8. The number of halogens is 2. The lowest BCUT2D eigenvalue weighted by Crippen LogP contribution is -2.22. The van der Waals surface area contributed by atoms with Gasteiger partial charge in [-0.05, 0) is 30.0 Å². The Morgan fingerprint density at radius 3 is 2.42 bits per heavy atom. The van der Waals surface area contributed by atoms with Crippen molar-refractivity contribution in [3.05, 3.63) is 29.3 Å². The fraction of sp³-hybridized carbons (Fsp3) is 0.600. The molecule has 0 bridgehead atoms. The highest BCUT2D eigenvalue weighted by atomic mass is 19.1. The van der Waals surface area contributed by atoms with Gasteiger partial charge in [-0.1, -0.05) is 26.7 Å². The average Bonchev–Trinajstić information content (AvgIpc) is 3.14. The predicted octanol–water partition coefficient (Wildman–Crippen LogP) is 3.64. The normalized spacial score (nSPS) is 15.0. The van der Waals surface area contributed by atoms with Gasteiger partial charge in [-0.2, -0.15) is 0 Å². The second kappa shape index (κ2) is 6.33. The molecule has 1 aliphatic rings. The highest BCUT2D eigenvalue weighted by molar-refractivity contribution is 5.31. The largest absolute Gasteiger partial charge is 0.488 e. The van der Waals surface area contributed by atoms with Crippen LogP contribution in [0.1, 0.15) is 38.7 Å². The van der Waals surface area contributed by atoms with Gasteiger partial charge in [0.25, 0.3) is 0 Å². The molecule has 1 N–H and O–H groups in total. The van der Waals surface area contributed by atoms with E-state index in [1.165, 1.54) is 25.0 Å². The third-order valence-corrected chi connectivity index (χ3v) is 3.24. The van der Waals surface area contributed by atoms with Crippen LogP contribution in [0, 0.1) is 17.6 Å². The van der Waals surface area contributed by atoms with Crippen LogP contribution in [0.5, 0.6) is 5.75 Å². The van der Waals surface area contributed by atoms with E-state index in [-0.39, 0.29) is 11.8 Å². The fourth-order valence-corrected chi connectivity index (χ4v) is 1.91. The van der Waals surface area contributed by atoms with Crippen LogP contribution in [-0.2, 0) is 6.54 Å². The summed E-state index contributed by atoms with van der Waals surface area (Å²) in [6.45, 7) is 4.82. The molecule has 1 fully saturated rings. The minimum atomic E-state index is -0.614. The summed E-state index contributed by atoms with van der Waals surface area (Å²) in [4.78, 5) is 0. The lowest BCUT2D eigenvalue weighted by atomic mass is 10.2. The average molecular weight is 269 g/mol. The van der Waals surface area contributed by atoms with Crippen molar-refractivity contribution in [2.75, 3.05) is 6.61 Å². The molecule has 1 saturated carbocycles. The SMILES string of the molecule is CC(C)NCc1cc(F)c(OCCC2CC2)c(F)c1. The molecule has 1 aromatic rings. The van der Waals surface area contributed by atoms with E-state index in [9.17, 15) is 8.78 Å². The molecule has 19 heavy (non-hydrogen) atoms. The molecule has 0 aromatic heterocycles. The van der Waals surface area contributed by atoms with Crippen LogP contribution in [0.25, 0.3) is 0 Å². The first-order valence-corrected chi connectivity index (χ1v) is 6.90. The summed E-state index contributed by atoms with van der Waals surface area (Å²) < 4.78 is 32.8. The van der Waals surface area contributed by atoms with Crippen LogP contribution in [0.4, 0.5) is 8.78 Å². The summed E-state index contributed by atoms with van der Waals surface area (Å²) in [7, 11) is 0. The lowest BCUT2D eigenvalue weighted by Gasteiger charge is -2.12. The Labute approximate surface area is 113 Å². The number of rotatable bonds is 7. The molecule has 0 spiro atoms. The molecule has 0 unspecified atom stereocenters. The highest BCUT2D eigenvalue weighted by Gasteiger charge is 2.21. The van der Waals surface area contributed by atoms with E-state index in [0.717, 1.165) is 6.42 Å². The van der Waals surface area contributed by atoms with Crippen LogP contribution in [0.15, 0.2) is 12.1 Å². The van der Waals surface area contributed by atoms with Crippen molar-refractivity contribution in [3.8, 4) is 5.75 Å². The van der Waals surface area contributed by atoms with E-state index in [4.69, 9.17) is 4.74 Å². The van der Waals surface area contributed by atoms with Gasteiger partial charge in [0.1, 0.15) is 0 Å². The van der Waals surface area contributed by atoms with Crippen molar-refractivity contribution in [2.45, 2.75) is 45.7 Å². The second-order valence-electron chi connectivity index (χ2n) is 5.50. The first-order valence-electron chi connectivity index (χ1n) is 6.90. The second-order valence-corrected chi connectivity index (χ2v) is 5.50. The van der Waals surface area contributed by atoms with E-state index >= 15 is 0 Å². The van der Waals surface area contributed by atoms with Gasteiger partial charge in [-0.15, -0.1) is 0 Å². The molecule has 0 atom stereocenters. The monoisotopic (exact) mass is 269 g/mol. The Hall–Kier alpha value is -1.16. The van der Waals surface area contributed by atoms with E-state index in [0.29, 0.717) is 24.6 Å². The summed E-state index contributed by atoms with van der Waals surface area (Å²) in [5.41, 5.74) is 0.596. The van der Waals surface area contributed by atoms with Crippen molar-refractivity contribution in [3.63, 3.8) is 0 Å². The zero-order valence-corrected chi connectivity index (χ0v) is 11.5. The molecular formula is C15H21F2NO. The molecule has 106 valence electrons. The van der Waals surface area contributed by atoms with Crippen LogP contribution in [-0.4, -0.2) is 12.6 Å². The number of hydrogen-bond donors (Lipinski definition) is 1. The number of ether oxygens (including phenoxy) is 1. The van der Waals surface area contributed by atoms with Crippen LogP contribution in [0.2, 0.25) is 0 Å². The maximum Gasteiger partial charge on any atom is 0.190 e.